The van der Waals surface area contributed by atoms with Crippen LogP contribution in [0.5, 0.6) is 0 Å². The Balaban J connectivity index is 1.49. The monoisotopic (exact) mass is 314 g/mol. The first-order valence-corrected chi connectivity index (χ1v) is 8.25. The van der Waals surface area contributed by atoms with Crippen LogP contribution in [-0.4, -0.2) is 26.4 Å². The van der Waals surface area contributed by atoms with E-state index in [0.717, 1.165) is 31.9 Å². The maximum absolute atomic E-state index is 5.93. The molecule has 0 radical (unpaired) electrons. The molecule has 3 heterocycles. The van der Waals surface area contributed by atoms with Gasteiger partial charge in [0.25, 0.3) is 0 Å². The van der Waals surface area contributed by atoms with Gasteiger partial charge in [-0.3, -0.25) is 4.90 Å². The smallest absolute Gasteiger partial charge is 0.131 e. The van der Waals surface area contributed by atoms with Crippen LogP contribution < -0.4 is 0 Å². The molecule has 114 valence electrons. The van der Waals surface area contributed by atoms with Crippen molar-refractivity contribution in [3.63, 3.8) is 0 Å². The first-order valence-electron chi connectivity index (χ1n) is 7.87. The fourth-order valence-electron chi connectivity index (χ4n) is 3.02. The van der Waals surface area contributed by atoms with E-state index in [0.29, 0.717) is 11.1 Å². The van der Waals surface area contributed by atoms with E-state index in [1.54, 1.807) is 0 Å². The van der Waals surface area contributed by atoms with Gasteiger partial charge in [0, 0.05) is 55.6 Å². The molecule has 5 heteroatoms. The van der Waals surface area contributed by atoms with Crippen LogP contribution in [0, 0.1) is 6.92 Å². The van der Waals surface area contributed by atoms with Gasteiger partial charge in [-0.15, -0.1) is 0 Å². The maximum atomic E-state index is 5.93. The zero-order chi connectivity index (χ0) is 15.1. The molecule has 1 saturated carbocycles. The van der Waals surface area contributed by atoms with Crippen molar-refractivity contribution >= 4 is 11.6 Å². The summed E-state index contributed by atoms with van der Waals surface area (Å²) < 4.78 is 0. The van der Waals surface area contributed by atoms with Crippen LogP contribution >= 0.6 is 11.6 Å². The minimum Gasteiger partial charge on any atom is -0.294 e. The van der Waals surface area contributed by atoms with Crippen LogP contribution in [0.2, 0.25) is 5.15 Å². The Labute approximate surface area is 135 Å². The minimum atomic E-state index is 0.561. The predicted octanol–water partition coefficient (Wildman–Crippen LogP) is 3.27. The molecule has 0 unspecified atom stereocenters. The number of nitrogens with zero attached hydrogens (tertiary/aromatic N) is 4. The Bertz CT molecular complexity index is 712. The Morgan fingerprint density at radius 2 is 2.14 bits per heavy atom. The molecule has 0 saturated heterocycles. The highest BCUT2D eigenvalue weighted by atomic mass is 35.5. The maximum Gasteiger partial charge on any atom is 0.131 e. The number of pyridine rings is 1. The molecule has 4 nitrogen and oxygen atoms in total. The highest BCUT2D eigenvalue weighted by Crippen LogP contribution is 2.38. The van der Waals surface area contributed by atoms with Gasteiger partial charge in [0.2, 0.25) is 0 Å². The van der Waals surface area contributed by atoms with E-state index < -0.39 is 0 Å². The molecule has 0 spiro atoms. The molecule has 2 aliphatic rings. The molecule has 2 aromatic rings. The third-order valence-corrected chi connectivity index (χ3v) is 4.76. The van der Waals surface area contributed by atoms with Crippen molar-refractivity contribution in [2.75, 3.05) is 6.54 Å². The lowest BCUT2D eigenvalue weighted by atomic mass is 10.1. The normalized spacial score (nSPS) is 18.3. The van der Waals surface area contributed by atoms with E-state index in [-0.39, 0.29) is 0 Å². The standard InChI is InChI=1S/C17H19ClN4/c1-11-6-16(18)19-7-13(11)9-22-5-4-15-14(10-22)8-20-17(21-15)12-2-3-12/h6-8,12H,2-5,9-10H2,1H3. The van der Waals surface area contributed by atoms with Crippen molar-refractivity contribution in [1.29, 1.82) is 0 Å². The van der Waals surface area contributed by atoms with E-state index in [4.69, 9.17) is 16.6 Å². The van der Waals surface area contributed by atoms with Crippen LogP contribution in [0.15, 0.2) is 18.5 Å². The van der Waals surface area contributed by atoms with Gasteiger partial charge in [-0.25, -0.2) is 15.0 Å². The lowest BCUT2D eigenvalue weighted by molar-refractivity contribution is 0.242. The third-order valence-electron chi connectivity index (χ3n) is 4.55. The van der Waals surface area contributed by atoms with E-state index in [9.17, 15) is 0 Å². The number of fused-ring (bicyclic) bond motifs is 1. The SMILES string of the molecule is Cc1cc(Cl)ncc1CN1CCc2nc(C3CC3)ncc2C1. The molecular weight excluding hydrogens is 296 g/mol. The summed E-state index contributed by atoms with van der Waals surface area (Å²) in [4.78, 5) is 16.0. The van der Waals surface area contributed by atoms with Gasteiger partial charge in [-0.2, -0.15) is 0 Å². The van der Waals surface area contributed by atoms with Gasteiger partial charge in [-0.1, -0.05) is 11.6 Å². The average Bonchev–Trinajstić information content (AvgIpc) is 3.34. The third kappa shape index (κ3) is 2.85. The fraction of sp³-hybridized carbons (Fsp3) is 0.471. The van der Waals surface area contributed by atoms with Gasteiger partial charge in [0.05, 0.1) is 0 Å². The van der Waals surface area contributed by atoms with Crippen LogP contribution in [0.1, 0.15) is 47.0 Å². The summed E-state index contributed by atoms with van der Waals surface area (Å²) >= 11 is 5.93. The molecule has 0 atom stereocenters. The van der Waals surface area contributed by atoms with Crippen LogP contribution in [-0.2, 0) is 19.5 Å². The topological polar surface area (TPSA) is 41.9 Å². The van der Waals surface area contributed by atoms with E-state index in [1.807, 2.05) is 18.5 Å². The molecular formula is C17H19ClN4. The first-order chi connectivity index (χ1) is 10.7. The van der Waals surface area contributed by atoms with Gasteiger partial charge in [-0.05, 0) is 37.0 Å². The lowest BCUT2D eigenvalue weighted by Gasteiger charge is -2.28. The number of aryl methyl sites for hydroxylation is 1. The van der Waals surface area contributed by atoms with E-state index in [1.165, 1.54) is 35.2 Å². The quantitative estimate of drug-likeness (QED) is 0.815. The largest absolute Gasteiger partial charge is 0.294 e. The van der Waals surface area contributed by atoms with Crippen molar-refractivity contribution in [3.05, 3.63) is 51.8 Å². The number of hydrogen-bond acceptors (Lipinski definition) is 4. The van der Waals surface area contributed by atoms with Crippen molar-refractivity contribution in [1.82, 2.24) is 19.9 Å². The van der Waals surface area contributed by atoms with Crippen LogP contribution in [0.4, 0.5) is 0 Å². The highest BCUT2D eigenvalue weighted by Gasteiger charge is 2.28. The van der Waals surface area contributed by atoms with Gasteiger partial charge < -0.3 is 0 Å². The first kappa shape index (κ1) is 14.1. The Kier molecular flexibility index (Phi) is 3.59. The summed E-state index contributed by atoms with van der Waals surface area (Å²) in [6.07, 6.45) is 7.45. The number of aromatic nitrogens is 3. The van der Waals surface area contributed by atoms with Crippen molar-refractivity contribution in [2.24, 2.45) is 0 Å². The van der Waals surface area contributed by atoms with Crippen LogP contribution in [0.25, 0.3) is 0 Å². The van der Waals surface area contributed by atoms with Crippen molar-refractivity contribution in [3.8, 4) is 0 Å². The molecule has 2 aromatic heterocycles. The summed E-state index contributed by atoms with van der Waals surface area (Å²) in [5.74, 6) is 1.69. The Morgan fingerprint density at radius 3 is 2.91 bits per heavy atom. The molecule has 22 heavy (non-hydrogen) atoms. The molecule has 1 fully saturated rings. The molecule has 0 N–H and O–H groups in total. The second-order valence-corrected chi connectivity index (χ2v) is 6.76. The molecule has 0 bridgehead atoms. The van der Waals surface area contributed by atoms with Crippen molar-refractivity contribution < 1.29 is 0 Å². The molecule has 1 aliphatic heterocycles. The molecule has 4 rings (SSSR count). The highest BCUT2D eigenvalue weighted by molar-refractivity contribution is 6.29. The van der Waals surface area contributed by atoms with E-state index in [2.05, 4.69) is 21.8 Å². The second kappa shape index (κ2) is 5.60. The number of halogens is 1. The number of hydrogen-bond donors (Lipinski definition) is 0. The minimum absolute atomic E-state index is 0.561. The fourth-order valence-corrected chi connectivity index (χ4v) is 3.23. The lowest BCUT2D eigenvalue weighted by Crippen LogP contribution is -2.31. The van der Waals surface area contributed by atoms with Gasteiger partial charge in [0.1, 0.15) is 11.0 Å². The van der Waals surface area contributed by atoms with Crippen LogP contribution in [0.3, 0.4) is 0 Å². The summed E-state index contributed by atoms with van der Waals surface area (Å²) in [5, 5.41) is 0.561. The summed E-state index contributed by atoms with van der Waals surface area (Å²) in [6, 6.07) is 1.93. The number of rotatable bonds is 3. The Morgan fingerprint density at radius 1 is 1.27 bits per heavy atom. The van der Waals surface area contributed by atoms with E-state index >= 15 is 0 Å². The zero-order valence-electron chi connectivity index (χ0n) is 12.7. The Hall–Kier alpha value is -1.52. The van der Waals surface area contributed by atoms with Gasteiger partial charge >= 0.3 is 0 Å². The molecule has 0 aromatic carbocycles. The average molecular weight is 315 g/mol. The van der Waals surface area contributed by atoms with Crippen molar-refractivity contribution in [2.45, 2.75) is 45.2 Å². The predicted molar refractivity (Wildman–Crippen MR) is 85.8 cm³/mol. The summed E-state index contributed by atoms with van der Waals surface area (Å²) in [5.41, 5.74) is 4.96. The molecule has 1 aliphatic carbocycles. The summed E-state index contributed by atoms with van der Waals surface area (Å²) in [6.45, 7) is 4.95. The second-order valence-electron chi connectivity index (χ2n) is 6.37. The zero-order valence-corrected chi connectivity index (χ0v) is 13.5. The van der Waals surface area contributed by atoms with Gasteiger partial charge in [0.15, 0.2) is 0 Å². The summed E-state index contributed by atoms with van der Waals surface area (Å²) in [7, 11) is 0. The molecule has 0 amide bonds.